The second kappa shape index (κ2) is 8.49. The first-order valence-electron chi connectivity index (χ1n) is 10.2. The van der Waals surface area contributed by atoms with Crippen LogP contribution in [0.2, 0.25) is 0 Å². The number of nitrogens with one attached hydrogen (secondary N) is 1. The maximum absolute atomic E-state index is 13.8. The Morgan fingerprint density at radius 1 is 1.35 bits per heavy atom. The number of aromatic nitrogens is 3. The summed E-state index contributed by atoms with van der Waals surface area (Å²) in [5.41, 5.74) is -0.211. The number of aryl methyl sites for hydroxylation is 1. The van der Waals surface area contributed by atoms with E-state index >= 15 is 0 Å². The van der Waals surface area contributed by atoms with Gasteiger partial charge in [-0.3, -0.25) is 9.59 Å². The number of ether oxygens (including phenoxy) is 1. The number of rotatable bonds is 7. The SMILES string of the molecule is Cn1c(=O)c(C(=O)NCc2ccc(C#N)c(F)c2)cc2cnnc(OCC3(S(C)(=O)=O)CC3)c21. The molecule has 10 nitrogen and oxygen atoms in total. The monoisotopic (exact) mass is 485 g/mol. The summed E-state index contributed by atoms with van der Waals surface area (Å²) in [7, 11) is -1.88. The second-order valence-electron chi connectivity index (χ2n) is 8.23. The van der Waals surface area contributed by atoms with Gasteiger partial charge in [0.25, 0.3) is 17.3 Å². The van der Waals surface area contributed by atoms with Crippen LogP contribution in [0.25, 0.3) is 10.9 Å². The van der Waals surface area contributed by atoms with E-state index in [4.69, 9.17) is 10.00 Å². The Morgan fingerprint density at radius 3 is 2.71 bits per heavy atom. The summed E-state index contributed by atoms with van der Waals surface area (Å²) >= 11 is 0. The van der Waals surface area contributed by atoms with Crippen molar-refractivity contribution in [1.29, 1.82) is 5.26 Å². The standard InChI is InChI=1S/C22H20FN5O5S/c1-28-18-15(11-26-27-20(18)33-12-22(5-6-22)34(2,31)32)8-16(21(28)30)19(29)25-10-13-3-4-14(9-24)17(23)7-13/h3-4,7-8,11H,5-6,10,12H2,1-2H3,(H,25,29). The second-order valence-corrected chi connectivity index (χ2v) is 10.6. The van der Waals surface area contributed by atoms with Gasteiger partial charge < -0.3 is 14.6 Å². The number of nitriles is 1. The quantitative estimate of drug-likeness (QED) is 0.526. The molecule has 0 aliphatic heterocycles. The number of carbonyl (C=O) groups is 1. The molecular formula is C22H20FN5O5S. The van der Waals surface area contributed by atoms with Gasteiger partial charge in [-0.2, -0.15) is 10.4 Å². The van der Waals surface area contributed by atoms with Crippen molar-refractivity contribution in [2.45, 2.75) is 24.1 Å². The van der Waals surface area contributed by atoms with Gasteiger partial charge in [0.1, 0.15) is 34.3 Å². The van der Waals surface area contributed by atoms with Crippen molar-refractivity contribution in [2.75, 3.05) is 12.9 Å². The van der Waals surface area contributed by atoms with Crippen LogP contribution in [0.4, 0.5) is 4.39 Å². The maximum Gasteiger partial charge on any atom is 0.263 e. The summed E-state index contributed by atoms with van der Waals surface area (Å²) < 4.78 is 43.7. The van der Waals surface area contributed by atoms with Crippen LogP contribution >= 0.6 is 0 Å². The number of benzene rings is 1. The highest BCUT2D eigenvalue weighted by Crippen LogP contribution is 2.43. The minimum absolute atomic E-state index is 0.00737. The largest absolute Gasteiger partial charge is 0.473 e. The fourth-order valence-electron chi connectivity index (χ4n) is 3.58. The van der Waals surface area contributed by atoms with Gasteiger partial charge in [-0.25, -0.2) is 12.8 Å². The van der Waals surface area contributed by atoms with Crippen LogP contribution in [0.5, 0.6) is 5.88 Å². The van der Waals surface area contributed by atoms with Crippen molar-refractivity contribution in [3.05, 3.63) is 63.3 Å². The molecule has 0 bridgehead atoms. The van der Waals surface area contributed by atoms with Gasteiger partial charge in [-0.1, -0.05) is 6.07 Å². The van der Waals surface area contributed by atoms with E-state index in [0.29, 0.717) is 23.8 Å². The summed E-state index contributed by atoms with van der Waals surface area (Å²) in [6.07, 6.45) is 3.48. The van der Waals surface area contributed by atoms with Crippen molar-refractivity contribution >= 4 is 26.6 Å². The Kier molecular flexibility index (Phi) is 5.82. The molecule has 2 aromatic heterocycles. The topological polar surface area (TPSA) is 144 Å². The molecule has 1 aliphatic rings. The van der Waals surface area contributed by atoms with Gasteiger partial charge in [-0.05, 0) is 36.6 Å². The molecule has 0 unspecified atom stereocenters. The lowest BCUT2D eigenvalue weighted by Crippen LogP contribution is -2.32. The predicted molar refractivity (Wildman–Crippen MR) is 119 cm³/mol. The normalized spacial score (nSPS) is 14.4. The van der Waals surface area contributed by atoms with Crippen LogP contribution in [0.1, 0.15) is 34.3 Å². The molecule has 12 heteroatoms. The molecule has 0 atom stereocenters. The van der Waals surface area contributed by atoms with E-state index in [0.717, 1.165) is 12.3 Å². The molecule has 1 fully saturated rings. The fourth-order valence-corrected chi connectivity index (χ4v) is 4.69. The highest BCUT2D eigenvalue weighted by Gasteiger charge is 2.53. The molecule has 0 spiro atoms. The molecule has 2 heterocycles. The Balaban J connectivity index is 1.58. The van der Waals surface area contributed by atoms with Gasteiger partial charge >= 0.3 is 0 Å². The number of fused-ring (bicyclic) bond motifs is 1. The fraction of sp³-hybridized carbons (Fsp3) is 0.318. The zero-order valence-electron chi connectivity index (χ0n) is 18.3. The van der Waals surface area contributed by atoms with Crippen molar-refractivity contribution in [1.82, 2.24) is 20.1 Å². The molecule has 176 valence electrons. The summed E-state index contributed by atoms with van der Waals surface area (Å²) in [5, 5.41) is 19.5. The minimum Gasteiger partial charge on any atom is -0.473 e. The molecular weight excluding hydrogens is 465 g/mol. The minimum atomic E-state index is -3.32. The Hall–Kier alpha value is -3.85. The van der Waals surface area contributed by atoms with Crippen LogP contribution in [-0.4, -0.2) is 46.7 Å². The number of halogens is 1. The van der Waals surface area contributed by atoms with Crippen LogP contribution < -0.4 is 15.6 Å². The van der Waals surface area contributed by atoms with Gasteiger partial charge in [0.15, 0.2) is 9.84 Å². The number of hydrogen-bond donors (Lipinski definition) is 1. The van der Waals surface area contributed by atoms with Crippen molar-refractivity contribution in [3.8, 4) is 11.9 Å². The molecule has 4 rings (SSSR count). The lowest BCUT2D eigenvalue weighted by Gasteiger charge is -2.16. The van der Waals surface area contributed by atoms with E-state index in [9.17, 15) is 22.4 Å². The smallest absolute Gasteiger partial charge is 0.263 e. The summed E-state index contributed by atoms with van der Waals surface area (Å²) in [5.74, 6) is -1.39. The zero-order valence-corrected chi connectivity index (χ0v) is 19.1. The van der Waals surface area contributed by atoms with E-state index in [1.165, 1.54) is 36.0 Å². The zero-order chi connectivity index (χ0) is 24.7. The summed E-state index contributed by atoms with van der Waals surface area (Å²) in [6, 6.07) is 7.01. The first-order valence-corrected chi connectivity index (χ1v) is 12.1. The first kappa shape index (κ1) is 23.3. The molecule has 0 radical (unpaired) electrons. The van der Waals surface area contributed by atoms with Gasteiger partial charge in [0.2, 0.25) is 0 Å². The molecule has 3 aromatic rings. The number of pyridine rings is 1. The van der Waals surface area contributed by atoms with E-state index < -0.39 is 31.9 Å². The first-order chi connectivity index (χ1) is 16.1. The van der Waals surface area contributed by atoms with Crippen LogP contribution in [0.15, 0.2) is 35.3 Å². The third-order valence-electron chi connectivity index (χ3n) is 5.91. The average molecular weight is 485 g/mol. The predicted octanol–water partition coefficient (Wildman–Crippen LogP) is 1.23. The van der Waals surface area contributed by atoms with Crippen molar-refractivity contribution in [2.24, 2.45) is 7.05 Å². The van der Waals surface area contributed by atoms with Crippen LogP contribution in [0, 0.1) is 17.1 Å². The van der Waals surface area contributed by atoms with E-state index in [2.05, 4.69) is 15.5 Å². The molecule has 1 saturated carbocycles. The molecule has 1 amide bonds. The van der Waals surface area contributed by atoms with E-state index in [1.807, 2.05) is 0 Å². The van der Waals surface area contributed by atoms with Gasteiger partial charge in [-0.15, -0.1) is 5.10 Å². The third kappa shape index (κ3) is 4.22. The van der Waals surface area contributed by atoms with E-state index in [-0.39, 0.29) is 35.7 Å². The van der Waals surface area contributed by atoms with Gasteiger partial charge in [0, 0.05) is 25.2 Å². The number of hydrogen-bond acceptors (Lipinski definition) is 8. The Morgan fingerprint density at radius 2 is 2.09 bits per heavy atom. The highest BCUT2D eigenvalue weighted by atomic mass is 32.2. The van der Waals surface area contributed by atoms with E-state index in [1.54, 1.807) is 6.07 Å². The van der Waals surface area contributed by atoms with Gasteiger partial charge in [0.05, 0.1) is 11.8 Å². The highest BCUT2D eigenvalue weighted by molar-refractivity contribution is 7.92. The Bertz CT molecular complexity index is 1520. The van der Waals surface area contributed by atoms with Crippen LogP contribution in [0.3, 0.4) is 0 Å². The lowest BCUT2D eigenvalue weighted by molar-refractivity contribution is 0.0949. The van der Waals surface area contributed by atoms with Crippen molar-refractivity contribution < 1.29 is 22.3 Å². The molecule has 1 N–H and O–H groups in total. The third-order valence-corrected chi connectivity index (χ3v) is 8.01. The maximum atomic E-state index is 13.8. The lowest BCUT2D eigenvalue weighted by atomic mass is 10.1. The van der Waals surface area contributed by atoms with Crippen molar-refractivity contribution in [3.63, 3.8) is 0 Å². The number of nitrogens with zero attached hydrogens (tertiary/aromatic N) is 4. The molecule has 34 heavy (non-hydrogen) atoms. The Labute approximate surface area is 193 Å². The molecule has 1 aliphatic carbocycles. The number of carbonyl (C=O) groups excluding carboxylic acids is 1. The summed E-state index contributed by atoms with van der Waals surface area (Å²) in [6.45, 7) is -0.170. The van der Waals surface area contributed by atoms with Crippen LogP contribution in [-0.2, 0) is 23.4 Å². The molecule has 0 saturated heterocycles. The number of sulfone groups is 1. The average Bonchev–Trinajstić information content (AvgIpc) is 3.60. The molecule has 1 aromatic carbocycles. The number of amides is 1. The summed E-state index contributed by atoms with van der Waals surface area (Å²) in [4.78, 5) is 25.6.